The molecule has 8 rings (SSSR count). The number of para-hydroxylation sites is 3. The van der Waals surface area contributed by atoms with Gasteiger partial charge in [-0.3, -0.25) is 4.98 Å². The minimum absolute atomic E-state index is 0. The molecule has 3 aromatic heterocycles. The molecule has 1 aliphatic heterocycles. The molecule has 1 aliphatic rings. The average molecular weight is 836 g/mol. The molecular formula is C43H38N5OPt-3. The van der Waals surface area contributed by atoms with Gasteiger partial charge in [0, 0.05) is 55.3 Å². The van der Waals surface area contributed by atoms with Gasteiger partial charge in [0.05, 0.1) is 0 Å². The Morgan fingerprint density at radius 1 is 0.720 bits per heavy atom. The van der Waals surface area contributed by atoms with Crippen LogP contribution in [0.25, 0.3) is 27.6 Å². The first-order valence-corrected chi connectivity index (χ1v) is 16.6. The van der Waals surface area contributed by atoms with Crippen LogP contribution in [0.3, 0.4) is 0 Å². The molecule has 0 radical (unpaired) electrons. The van der Waals surface area contributed by atoms with E-state index in [-0.39, 0.29) is 26.5 Å². The Kier molecular flexibility index (Phi) is 8.56. The van der Waals surface area contributed by atoms with E-state index in [1.165, 1.54) is 5.56 Å². The van der Waals surface area contributed by atoms with Crippen LogP contribution in [0.2, 0.25) is 0 Å². The van der Waals surface area contributed by atoms with E-state index in [2.05, 4.69) is 172 Å². The summed E-state index contributed by atoms with van der Waals surface area (Å²) in [5, 5.41) is 2.21. The summed E-state index contributed by atoms with van der Waals surface area (Å²) < 4.78 is 8.80. The third-order valence-electron chi connectivity index (χ3n) is 9.54. The molecule has 4 heterocycles. The normalized spacial score (nSPS) is 13.1. The van der Waals surface area contributed by atoms with Gasteiger partial charge in [-0.2, -0.15) is 30.6 Å². The summed E-state index contributed by atoms with van der Waals surface area (Å²) in [4.78, 5) is 14.2. The van der Waals surface area contributed by atoms with Crippen molar-refractivity contribution in [3.63, 3.8) is 0 Å². The first-order chi connectivity index (χ1) is 23.6. The number of anilines is 3. The molecule has 0 fully saturated rings. The standard InChI is InChI=1S/C43H38N5O.Pt/c1-42(2,3)30-22-23-44-40(24-30)48-35-17-11-10-16-33(35)34-21-20-32(27-38(34)48)49-41-26-31(47-28-46(6)36-18-12-13-19-37(36)47)25-39(45-41)43(4,5)29-14-8-7-9-15-29;/h7-25,28H,1-6H3;/q-3;. The van der Waals surface area contributed by atoms with Gasteiger partial charge in [0.2, 0.25) is 0 Å². The van der Waals surface area contributed by atoms with Crippen molar-refractivity contribution >= 4 is 38.9 Å². The maximum absolute atomic E-state index is 6.63. The Bertz CT molecular complexity index is 2340. The van der Waals surface area contributed by atoms with Crippen molar-refractivity contribution in [2.24, 2.45) is 0 Å². The fourth-order valence-corrected chi connectivity index (χ4v) is 6.68. The van der Waals surface area contributed by atoms with Crippen molar-refractivity contribution < 1.29 is 25.8 Å². The Labute approximate surface area is 308 Å². The van der Waals surface area contributed by atoms with E-state index in [1.54, 1.807) is 0 Å². The third kappa shape index (κ3) is 5.86. The van der Waals surface area contributed by atoms with Gasteiger partial charge in [0.1, 0.15) is 11.7 Å². The van der Waals surface area contributed by atoms with E-state index in [0.29, 0.717) is 11.6 Å². The molecule has 6 nitrogen and oxygen atoms in total. The van der Waals surface area contributed by atoms with Crippen LogP contribution in [0, 0.1) is 18.8 Å². The first kappa shape index (κ1) is 33.6. The van der Waals surface area contributed by atoms with E-state index >= 15 is 0 Å². The molecule has 4 aromatic carbocycles. The Hall–Kier alpha value is -4.93. The summed E-state index contributed by atoms with van der Waals surface area (Å²) in [6.07, 6.45) is 1.89. The molecule has 0 saturated heterocycles. The SMILES string of the molecule is CN1[CH-]N(c2[c-]c(Oc3[c-]c4c(cc3)c3ccccc3n4-c3cc(C(C)(C)C)ccn3)nc(C(C)(C)c3ccccc3)c2)c2ccccc21.[Pt]. The molecule has 50 heavy (non-hydrogen) atoms. The summed E-state index contributed by atoms with van der Waals surface area (Å²) in [6.45, 7) is 13.1. The predicted molar refractivity (Wildman–Crippen MR) is 199 cm³/mol. The van der Waals surface area contributed by atoms with Crippen molar-refractivity contribution in [1.29, 1.82) is 0 Å². The van der Waals surface area contributed by atoms with E-state index in [0.717, 1.165) is 55.9 Å². The van der Waals surface area contributed by atoms with Crippen LogP contribution in [-0.4, -0.2) is 21.6 Å². The zero-order valence-corrected chi connectivity index (χ0v) is 31.3. The summed E-state index contributed by atoms with van der Waals surface area (Å²) >= 11 is 0. The van der Waals surface area contributed by atoms with Crippen molar-refractivity contribution in [3.8, 4) is 17.4 Å². The van der Waals surface area contributed by atoms with Crippen LogP contribution in [0.5, 0.6) is 11.6 Å². The Morgan fingerprint density at radius 2 is 1.44 bits per heavy atom. The van der Waals surface area contributed by atoms with Crippen LogP contribution >= 0.6 is 0 Å². The zero-order valence-electron chi connectivity index (χ0n) is 29.0. The van der Waals surface area contributed by atoms with E-state index in [4.69, 9.17) is 14.7 Å². The molecule has 7 aromatic rings. The van der Waals surface area contributed by atoms with Gasteiger partial charge in [0.15, 0.2) is 0 Å². The molecule has 0 saturated carbocycles. The largest absolute Gasteiger partial charge is 0.504 e. The number of fused-ring (bicyclic) bond motifs is 4. The minimum Gasteiger partial charge on any atom is -0.504 e. The number of ether oxygens (including phenoxy) is 1. The van der Waals surface area contributed by atoms with E-state index < -0.39 is 5.41 Å². The molecule has 7 heteroatoms. The van der Waals surface area contributed by atoms with Crippen molar-refractivity contribution in [3.05, 3.63) is 151 Å². The number of hydrogen-bond acceptors (Lipinski definition) is 5. The molecule has 0 amide bonds. The fourth-order valence-electron chi connectivity index (χ4n) is 6.68. The Morgan fingerprint density at radius 3 is 2.22 bits per heavy atom. The second-order valence-electron chi connectivity index (χ2n) is 14.2. The van der Waals surface area contributed by atoms with Crippen LogP contribution in [-0.2, 0) is 31.9 Å². The van der Waals surface area contributed by atoms with E-state index in [1.807, 2.05) is 18.3 Å². The van der Waals surface area contributed by atoms with Gasteiger partial charge in [-0.25, -0.2) is 4.98 Å². The smallest absolute Gasteiger partial charge is 0.135 e. The number of hydrogen-bond donors (Lipinski definition) is 0. The maximum atomic E-state index is 6.63. The topological polar surface area (TPSA) is 46.4 Å². The first-order valence-electron chi connectivity index (χ1n) is 16.6. The van der Waals surface area contributed by atoms with E-state index in [9.17, 15) is 0 Å². The van der Waals surface area contributed by atoms with Gasteiger partial charge >= 0.3 is 0 Å². The Balaban J connectivity index is 0.00000392. The number of aromatic nitrogens is 3. The second kappa shape index (κ2) is 12.8. The van der Waals surface area contributed by atoms with Gasteiger partial charge in [-0.15, -0.1) is 17.5 Å². The summed E-state index contributed by atoms with van der Waals surface area (Å²) in [7, 11) is 2.06. The molecule has 0 aliphatic carbocycles. The average Bonchev–Trinajstić information content (AvgIpc) is 3.62. The van der Waals surface area contributed by atoms with Crippen LogP contribution in [0.15, 0.2) is 115 Å². The number of pyridine rings is 2. The van der Waals surface area contributed by atoms with Crippen molar-refractivity contribution in [2.75, 3.05) is 16.8 Å². The maximum Gasteiger partial charge on any atom is 0.135 e. The van der Waals surface area contributed by atoms with Crippen LogP contribution in [0.1, 0.15) is 51.4 Å². The second-order valence-corrected chi connectivity index (χ2v) is 14.2. The number of benzene rings is 4. The monoisotopic (exact) mass is 835 g/mol. The number of nitrogens with zero attached hydrogens (tertiary/aromatic N) is 5. The van der Waals surface area contributed by atoms with Crippen LogP contribution < -0.4 is 14.5 Å². The summed E-state index contributed by atoms with van der Waals surface area (Å²) in [6, 6.07) is 44.8. The third-order valence-corrected chi connectivity index (χ3v) is 9.54. The summed E-state index contributed by atoms with van der Waals surface area (Å²) in [5.41, 5.74) is 7.82. The molecule has 254 valence electrons. The van der Waals surface area contributed by atoms with Gasteiger partial charge in [0.25, 0.3) is 0 Å². The zero-order chi connectivity index (χ0) is 33.9. The van der Waals surface area contributed by atoms with Gasteiger partial charge in [-0.05, 0) is 65.0 Å². The predicted octanol–water partition coefficient (Wildman–Crippen LogP) is 10.3. The molecular weight excluding hydrogens is 798 g/mol. The molecule has 0 atom stereocenters. The summed E-state index contributed by atoms with van der Waals surface area (Å²) in [5.74, 6) is 1.77. The molecule has 0 spiro atoms. The minimum atomic E-state index is -0.405. The molecule has 0 bridgehead atoms. The molecule has 0 unspecified atom stereocenters. The van der Waals surface area contributed by atoms with Crippen molar-refractivity contribution in [2.45, 2.75) is 45.4 Å². The van der Waals surface area contributed by atoms with Crippen LogP contribution in [0.4, 0.5) is 17.1 Å². The quantitative estimate of drug-likeness (QED) is 0.156. The van der Waals surface area contributed by atoms with Gasteiger partial charge < -0.3 is 19.1 Å². The fraction of sp³-hybridized carbons (Fsp3) is 0.186. The molecule has 0 N–H and O–H groups in total. The van der Waals surface area contributed by atoms with Gasteiger partial charge in [-0.1, -0.05) is 101 Å². The number of rotatable bonds is 6. The van der Waals surface area contributed by atoms with Crippen molar-refractivity contribution in [1.82, 2.24) is 14.5 Å².